The minimum atomic E-state index is -1.51. The number of ketones is 5. The van der Waals surface area contributed by atoms with Crippen molar-refractivity contribution in [2.24, 2.45) is 45.3 Å². The molecule has 2 N–H and O–H groups in total. The number of hydrogen-bond donors (Lipinski definition) is 2. The molecule has 4 atom stereocenters. The maximum Gasteiger partial charge on any atom is 0.226 e. The van der Waals surface area contributed by atoms with Gasteiger partial charge in [-0.1, -0.05) is 41.5 Å². The lowest BCUT2D eigenvalue weighted by molar-refractivity contribution is -0.288. The SMILES string of the molecule is CC(C)C(=O)c1c(O)c([C@@H](C(C)C)C2C(=O)C(C)(C)C(=O)C(C)(C)C2=O)c(O)c2c1O[C@@]13OC(C)(C)C[C@H]1C2C(C)(C)C(=O)C3(C)C. The highest BCUT2D eigenvalue weighted by Gasteiger charge is 2.76. The Bertz CT molecular complexity index is 1610. The summed E-state index contributed by atoms with van der Waals surface area (Å²) in [5.41, 5.74) is -6.08. The zero-order chi connectivity index (χ0) is 35.9. The molecule has 2 bridgehead atoms. The molecule has 0 aromatic heterocycles. The molecule has 9 nitrogen and oxygen atoms in total. The van der Waals surface area contributed by atoms with E-state index in [1.54, 1.807) is 41.5 Å². The molecule has 258 valence electrons. The topological polar surface area (TPSA) is 144 Å². The molecule has 1 aromatic rings. The molecule has 3 fully saturated rings. The maximum absolute atomic E-state index is 14.4. The number of carbonyl (C=O) groups is 5. The second-order valence-corrected chi connectivity index (χ2v) is 17.9. The van der Waals surface area contributed by atoms with Gasteiger partial charge in [0.1, 0.15) is 22.8 Å². The van der Waals surface area contributed by atoms with Crippen molar-refractivity contribution >= 4 is 28.9 Å². The van der Waals surface area contributed by atoms with Crippen LogP contribution in [0.25, 0.3) is 0 Å². The summed E-state index contributed by atoms with van der Waals surface area (Å²) in [5, 5.41) is 24.7. The minimum Gasteiger partial charge on any atom is -0.507 e. The van der Waals surface area contributed by atoms with E-state index in [0.717, 1.165) is 0 Å². The van der Waals surface area contributed by atoms with Crippen molar-refractivity contribution in [3.8, 4) is 17.2 Å². The number of benzene rings is 1. The first kappa shape index (κ1) is 35.2. The summed E-state index contributed by atoms with van der Waals surface area (Å²) in [4.78, 5) is 70.3. The fraction of sp³-hybridized carbons (Fsp3) is 0.711. The molecular formula is C38H52O9. The van der Waals surface area contributed by atoms with Crippen LogP contribution < -0.4 is 4.74 Å². The van der Waals surface area contributed by atoms with Crippen LogP contribution in [0.1, 0.15) is 137 Å². The third-order valence-corrected chi connectivity index (χ3v) is 12.0. The number of phenolic OH excluding ortho intramolecular Hbond substituents is 2. The highest BCUT2D eigenvalue weighted by atomic mass is 16.7. The number of carbonyl (C=O) groups excluding carboxylic acids is 5. The summed E-state index contributed by atoms with van der Waals surface area (Å²) in [6.07, 6.45) is 0.484. The predicted octanol–water partition coefficient (Wildman–Crippen LogP) is 6.69. The third kappa shape index (κ3) is 4.26. The molecule has 0 radical (unpaired) electrons. The van der Waals surface area contributed by atoms with Crippen LogP contribution in [0.15, 0.2) is 0 Å². The van der Waals surface area contributed by atoms with Gasteiger partial charge in [-0.05, 0) is 67.7 Å². The van der Waals surface area contributed by atoms with E-state index in [-0.39, 0.29) is 28.2 Å². The first-order valence-electron chi connectivity index (χ1n) is 16.9. The summed E-state index contributed by atoms with van der Waals surface area (Å²) in [6, 6.07) is 0. The van der Waals surface area contributed by atoms with E-state index in [1.165, 1.54) is 27.7 Å². The molecular weight excluding hydrogens is 600 g/mol. The third-order valence-electron chi connectivity index (χ3n) is 12.0. The monoisotopic (exact) mass is 652 g/mol. The van der Waals surface area contributed by atoms with Gasteiger partial charge in [0.05, 0.1) is 27.8 Å². The quantitative estimate of drug-likeness (QED) is 0.263. The molecule has 1 saturated heterocycles. The van der Waals surface area contributed by atoms with Crippen molar-refractivity contribution in [1.82, 2.24) is 0 Å². The number of ether oxygens (including phenoxy) is 2. The minimum absolute atomic E-state index is 0.0327. The van der Waals surface area contributed by atoms with E-state index in [0.29, 0.717) is 6.42 Å². The smallest absolute Gasteiger partial charge is 0.226 e. The Labute approximate surface area is 278 Å². The summed E-state index contributed by atoms with van der Waals surface area (Å²) in [7, 11) is 0. The van der Waals surface area contributed by atoms with Gasteiger partial charge in [-0.2, -0.15) is 0 Å². The Kier molecular flexibility index (Phi) is 7.49. The van der Waals surface area contributed by atoms with Gasteiger partial charge in [-0.15, -0.1) is 0 Å². The average molecular weight is 653 g/mol. The number of phenols is 2. The first-order valence-corrected chi connectivity index (χ1v) is 16.9. The van der Waals surface area contributed by atoms with Gasteiger partial charge < -0.3 is 19.7 Å². The van der Waals surface area contributed by atoms with Crippen LogP contribution in [0.3, 0.4) is 0 Å². The number of rotatable bonds is 5. The lowest BCUT2D eigenvalue weighted by atomic mass is 9.48. The highest BCUT2D eigenvalue weighted by molar-refractivity contribution is 6.28. The lowest BCUT2D eigenvalue weighted by Gasteiger charge is -2.60. The summed E-state index contributed by atoms with van der Waals surface area (Å²) in [6.45, 7) is 24.0. The molecule has 0 spiro atoms. The predicted molar refractivity (Wildman–Crippen MR) is 175 cm³/mol. The van der Waals surface area contributed by atoms with Crippen molar-refractivity contribution in [3.63, 3.8) is 0 Å². The van der Waals surface area contributed by atoms with Gasteiger partial charge in [-0.25, -0.2) is 0 Å². The van der Waals surface area contributed by atoms with Crippen molar-refractivity contribution in [3.05, 3.63) is 16.7 Å². The van der Waals surface area contributed by atoms with Crippen LogP contribution in [-0.2, 0) is 23.9 Å². The Morgan fingerprint density at radius 2 is 1.30 bits per heavy atom. The number of aromatic hydroxyl groups is 2. The molecule has 1 unspecified atom stereocenters. The summed E-state index contributed by atoms with van der Waals surface area (Å²) in [5.74, 6) is -9.56. The van der Waals surface area contributed by atoms with Crippen LogP contribution in [0.4, 0.5) is 0 Å². The van der Waals surface area contributed by atoms with E-state index in [2.05, 4.69) is 0 Å². The van der Waals surface area contributed by atoms with Crippen LogP contribution >= 0.6 is 0 Å². The van der Waals surface area contributed by atoms with E-state index in [9.17, 15) is 34.2 Å². The summed E-state index contributed by atoms with van der Waals surface area (Å²) < 4.78 is 13.5. The molecule has 0 amide bonds. The molecule has 2 heterocycles. The Balaban J connectivity index is 1.92. The van der Waals surface area contributed by atoms with Crippen LogP contribution in [-0.4, -0.2) is 50.5 Å². The Morgan fingerprint density at radius 1 is 0.787 bits per heavy atom. The van der Waals surface area contributed by atoms with Crippen molar-refractivity contribution in [2.45, 2.75) is 127 Å². The molecule has 5 rings (SSSR count). The van der Waals surface area contributed by atoms with Gasteiger partial charge >= 0.3 is 0 Å². The largest absolute Gasteiger partial charge is 0.507 e. The average Bonchev–Trinajstić information content (AvgIpc) is 3.23. The number of hydrogen-bond acceptors (Lipinski definition) is 9. The molecule has 4 aliphatic rings. The molecule has 47 heavy (non-hydrogen) atoms. The maximum atomic E-state index is 14.4. The lowest BCUT2D eigenvalue weighted by Crippen LogP contribution is -2.69. The van der Waals surface area contributed by atoms with Crippen molar-refractivity contribution in [1.29, 1.82) is 0 Å². The molecule has 9 heteroatoms. The van der Waals surface area contributed by atoms with E-state index in [4.69, 9.17) is 9.47 Å². The van der Waals surface area contributed by atoms with Crippen LogP contribution in [0.5, 0.6) is 17.2 Å². The van der Waals surface area contributed by atoms with Gasteiger partial charge in [-0.3, -0.25) is 24.0 Å². The van der Waals surface area contributed by atoms with Crippen molar-refractivity contribution in [2.75, 3.05) is 0 Å². The molecule has 2 aliphatic carbocycles. The van der Waals surface area contributed by atoms with Crippen LogP contribution in [0.2, 0.25) is 0 Å². The molecule has 2 saturated carbocycles. The van der Waals surface area contributed by atoms with E-state index < -0.39 is 103 Å². The van der Waals surface area contributed by atoms with E-state index in [1.807, 2.05) is 27.7 Å². The van der Waals surface area contributed by atoms with Crippen molar-refractivity contribution < 1.29 is 43.7 Å². The standard InChI is InChI=1S/C38H52O9/c1-16(2)19(21-29(42)35(9,10)31(44)36(11,12)30(21)43)20-26(40)22-24-18-15-33(5,6)47-38(18,37(13,14)32(45)34(24,7)8)46-28(22)23(27(20)41)25(39)17(3)4/h16-19,21,24,40-41H,15H2,1-14H3/t18-,19+,24?,38+/m0/s1. The second kappa shape index (κ2) is 9.99. The summed E-state index contributed by atoms with van der Waals surface area (Å²) >= 11 is 0. The van der Waals surface area contributed by atoms with Gasteiger partial charge in [0, 0.05) is 40.2 Å². The second-order valence-electron chi connectivity index (χ2n) is 17.9. The zero-order valence-electron chi connectivity index (χ0n) is 30.4. The Morgan fingerprint density at radius 3 is 1.77 bits per heavy atom. The normalized spacial score (nSPS) is 30.6. The van der Waals surface area contributed by atoms with Gasteiger partial charge in [0.2, 0.25) is 5.79 Å². The van der Waals surface area contributed by atoms with Gasteiger partial charge in [0.15, 0.2) is 28.9 Å². The van der Waals surface area contributed by atoms with Gasteiger partial charge in [0.25, 0.3) is 0 Å². The Hall–Kier alpha value is -3.07. The van der Waals surface area contributed by atoms with Crippen LogP contribution in [0, 0.1) is 45.3 Å². The highest BCUT2D eigenvalue weighted by Crippen LogP contribution is 2.72. The molecule has 1 aromatic carbocycles. The number of fused-ring (bicyclic) bond motifs is 2. The van der Waals surface area contributed by atoms with E-state index >= 15 is 0 Å². The zero-order valence-corrected chi connectivity index (χ0v) is 30.4. The number of Topliss-reactive ketones (excluding diaryl/α,β-unsaturated/α-hetero) is 5. The molecule has 2 aliphatic heterocycles. The fourth-order valence-electron chi connectivity index (χ4n) is 9.75. The first-order chi connectivity index (χ1) is 21.1. The fourth-order valence-corrected chi connectivity index (χ4v) is 9.75.